The van der Waals surface area contributed by atoms with Crippen LogP contribution in [0.2, 0.25) is 0 Å². The van der Waals surface area contributed by atoms with Crippen LogP contribution in [0.5, 0.6) is 0 Å². The summed E-state index contributed by atoms with van der Waals surface area (Å²) in [5.74, 6) is 0.721. The first-order chi connectivity index (χ1) is 10.1. The van der Waals surface area contributed by atoms with E-state index in [1.54, 1.807) is 7.11 Å². The number of ether oxygens (including phenoxy) is 1. The average Bonchev–Trinajstić information content (AvgIpc) is 2.48. The highest BCUT2D eigenvalue weighted by atomic mass is 16.5. The molecule has 0 spiro atoms. The van der Waals surface area contributed by atoms with Crippen molar-refractivity contribution in [1.82, 2.24) is 15.1 Å². The van der Waals surface area contributed by atoms with E-state index in [4.69, 9.17) is 4.74 Å². The Labute approximate surface area is 126 Å². The van der Waals surface area contributed by atoms with E-state index < -0.39 is 0 Å². The Morgan fingerprint density at radius 3 is 2.71 bits per heavy atom. The zero-order chi connectivity index (χ0) is 15.4. The van der Waals surface area contributed by atoms with E-state index in [1.165, 1.54) is 0 Å². The molecular formula is C15H23N5O. The Hall–Kier alpha value is -1.71. The Morgan fingerprint density at radius 1 is 1.33 bits per heavy atom. The van der Waals surface area contributed by atoms with E-state index in [1.807, 2.05) is 13.8 Å². The number of nitrogens with zero attached hydrogens (tertiary/aromatic N) is 5. The third-order valence-electron chi connectivity index (χ3n) is 4.20. The van der Waals surface area contributed by atoms with Gasteiger partial charge in [-0.1, -0.05) is 0 Å². The van der Waals surface area contributed by atoms with Crippen LogP contribution in [0.15, 0.2) is 0 Å². The minimum Gasteiger partial charge on any atom is -0.383 e. The van der Waals surface area contributed by atoms with Gasteiger partial charge in [0.2, 0.25) is 0 Å². The van der Waals surface area contributed by atoms with Gasteiger partial charge in [0.05, 0.1) is 12.3 Å². The molecular weight excluding hydrogens is 266 g/mol. The van der Waals surface area contributed by atoms with Gasteiger partial charge in [-0.2, -0.15) is 10.4 Å². The van der Waals surface area contributed by atoms with Gasteiger partial charge >= 0.3 is 0 Å². The van der Waals surface area contributed by atoms with Crippen molar-refractivity contribution in [3.63, 3.8) is 0 Å². The SMILES string of the molecule is COCCN1CCN(c2nnc(C)c(C)c2C#N)CC1C. The van der Waals surface area contributed by atoms with Crippen molar-refractivity contribution >= 4 is 5.82 Å². The summed E-state index contributed by atoms with van der Waals surface area (Å²) in [5.41, 5.74) is 2.40. The van der Waals surface area contributed by atoms with Crippen LogP contribution in [0.25, 0.3) is 0 Å². The number of anilines is 1. The molecule has 6 heteroatoms. The van der Waals surface area contributed by atoms with Crippen LogP contribution in [0, 0.1) is 25.2 Å². The number of rotatable bonds is 4. The van der Waals surface area contributed by atoms with Gasteiger partial charge in [0.25, 0.3) is 0 Å². The fourth-order valence-electron chi connectivity index (χ4n) is 2.68. The molecule has 1 aliphatic heterocycles. The van der Waals surface area contributed by atoms with Gasteiger partial charge in [-0.15, -0.1) is 5.10 Å². The second-order valence-electron chi connectivity index (χ2n) is 5.54. The standard InChI is InChI=1S/C15H23N5O/c1-11-10-20(6-5-19(11)7-8-21-4)15-14(9-16)12(2)13(3)17-18-15/h11H,5-8,10H2,1-4H3. The summed E-state index contributed by atoms with van der Waals surface area (Å²) in [5, 5.41) is 17.9. The van der Waals surface area contributed by atoms with Crippen LogP contribution in [-0.2, 0) is 4.74 Å². The Morgan fingerprint density at radius 2 is 2.10 bits per heavy atom. The summed E-state index contributed by atoms with van der Waals surface area (Å²) in [6.45, 7) is 10.4. The molecule has 0 aromatic carbocycles. The van der Waals surface area contributed by atoms with Crippen LogP contribution in [0.4, 0.5) is 5.82 Å². The average molecular weight is 289 g/mol. The zero-order valence-corrected chi connectivity index (χ0v) is 13.3. The fraction of sp³-hybridized carbons (Fsp3) is 0.667. The Kier molecular flexibility index (Phi) is 5.10. The van der Waals surface area contributed by atoms with Crippen LogP contribution in [0.1, 0.15) is 23.7 Å². The van der Waals surface area contributed by atoms with Gasteiger partial charge in [0.1, 0.15) is 11.6 Å². The molecule has 0 radical (unpaired) electrons. The smallest absolute Gasteiger partial charge is 0.169 e. The molecule has 1 fully saturated rings. The molecule has 114 valence electrons. The highest BCUT2D eigenvalue weighted by Gasteiger charge is 2.26. The molecule has 21 heavy (non-hydrogen) atoms. The van der Waals surface area contributed by atoms with Crippen molar-refractivity contribution in [3.05, 3.63) is 16.8 Å². The van der Waals surface area contributed by atoms with Gasteiger partial charge in [-0.25, -0.2) is 0 Å². The first kappa shape index (κ1) is 15.7. The van der Waals surface area contributed by atoms with Crippen LogP contribution < -0.4 is 4.90 Å². The Bertz CT molecular complexity index is 540. The number of aromatic nitrogens is 2. The number of nitriles is 1. The first-order valence-corrected chi connectivity index (χ1v) is 7.30. The molecule has 1 aromatic rings. The van der Waals surface area contributed by atoms with Gasteiger partial charge in [0.15, 0.2) is 5.82 Å². The molecule has 0 aliphatic carbocycles. The van der Waals surface area contributed by atoms with E-state index in [0.717, 1.165) is 49.9 Å². The van der Waals surface area contributed by atoms with Crippen molar-refractivity contribution in [2.45, 2.75) is 26.8 Å². The summed E-state index contributed by atoms with van der Waals surface area (Å²) in [7, 11) is 1.73. The van der Waals surface area contributed by atoms with Gasteiger partial charge in [0, 0.05) is 39.3 Å². The third-order valence-corrected chi connectivity index (χ3v) is 4.20. The molecule has 1 aromatic heterocycles. The van der Waals surface area contributed by atoms with Crippen molar-refractivity contribution in [3.8, 4) is 6.07 Å². The van der Waals surface area contributed by atoms with E-state index in [0.29, 0.717) is 11.6 Å². The van der Waals surface area contributed by atoms with Gasteiger partial charge in [-0.3, -0.25) is 4.90 Å². The molecule has 0 bridgehead atoms. The summed E-state index contributed by atoms with van der Waals surface area (Å²) in [6, 6.07) is 2.69. The second-order valence-corrected chi connectivity index (χ2v) is 5.54. The molecule has 0 saturated carbocycles. The minimum atomic E-state index is 0.406. The maximum absolute atomic E-state index is 9.42. The number of piperazine rings is 1. The Balaban J connectivity index is 2.15. The zero-order valence-electron chi connectivity index (χ0n) is 13.3. The fourth-order valence-corrected chi connectivity index (χ4v) is 2.68. The number of hydrogen-bond donors (Lipinski definition) is 0. The van der Waals surface area contributed by atoms with Gasteiger partial charge < -0.3 is 9.64 Å². The maximum atomic E-state index is 9.42. The van der Waals surface area contributed by atoms with Crippen LogP contribution >= 0.6 is 0 Å². The molecule has 0 amide bonds. The van der Waals surface area contributed by atoms with Gasteiger partial charge in [-0.05, 0) is 26.3 Å². The lowest BCUT2D eigenvalue weighted by Gasteiger charge is -2.40. The minimum absolute atomic E-state index is 0.406. The van der Waals surface area contributed by atoms with Crippen molar-refractivity contribution < 1.29 is 4.74 Å². The highest BCUT2D eigenvalue weighted by molar-refractivity contribution is 5.57. The number of methoxy groups -OCH3 is 1. The van der Waals surface area contributed by atoms with Crippen molar-refractivity contribution in [2.75, 3.05) is 44.8 Å². The van der Waals surface area contributed by atoms with E-state index in [2.05, 4.69) is 33.0 Å². The lowest BCUT2D eigenvalue weighted by atomic mass is 10.1. The molecule has 6 nitrogen and oxygen atoms in total. The lowest BCUT2D eigenvalue weighted by Crippen LogP contribution is -2.53. The quantitative estimate of drug-likeness (QED) is 0.827. The van der Waals surface area contributed by atoms with Crippen LogP contribution in [-0.4, -0.2) is 61.0 Å². The summed E-state index contributed by atoms with van der Waals surface area (Å²) in [4.78, 5) is 4.58. The largest absolute Gasteiger partial charge is 0.383 e. The van der Waals surface area contributed by atoms with E-state index in [9.17, 15) is 5.26 Å². The monoisotopic (exact) mass is 289 g/mol. The summed E-state index contributed by atoms with van der Waals surface area (Å²) in [6.07, 6.45) is 0. The predicted octanol–water partition coefficient (Wildman–Crippen LogP) is 1.12. The molecule has 1 unspecified atom stereocenters. The van der Waals surface area contributed by atoms with E-state index >= 15 is 0 Å². The highest BCUT2D eigenvalue weighted by Crippen LogP contribution is 2.23. The molecule has 1 atom stereocenters. The third kappa shape index (κ3) is 3.31. The molecule has 1 saturated heterocycles. The number of aryl methyl sites for hydroxylation is 1. The first-order valence-electron chi connectivity index (χ1n) is 7.30. The molecule has 2 heterocycles. The normalized spacial score (nSPS) is 19.6. The summed E-state index contributed by atoms with van der Waals surface area (Å²) >= 11 is 0. The summed E-state index contributed by atoms with van der Waals surface area (Å²) < 4.78 is 5.15. The topological polar surface area (TPSA) is 65.3 Å². The second kappa shape index (κ2) is 6.83. The maximum Gasteiger partial charge on any atom is 0.169 e. The molecule has 1 aliphatic rings. The lowest BCUT2D eigenvalue weighted by molar-refractivity contribution is 0.117. The van der Waals surface area contributed by atoms with Crippen molar-refractivity contribution in [2.24, 2.45) is 0 Å². The predicted molar refractivity (Wildman–Crippen MR) is 81.3 cm³/mol. The van der Waals surface area contributed by atoms with E-state index in [-0.39, 0.29) is 0 Å². The molecule has 2 rings (SSSR count). The molecule has 0 N–H and O–H groups in total. The van der Waals surface area contributed by atoms with Crippen LogP contribution in [0.3, 0.4) is 0 Å². The number of hydrogen-bond acceptors (Lipinski definition) is 6. The van der Waals surface area contributed by atoms with Crippen molar-refractivity contribution in [1.29, 1.82) is 5.26 Å².